The van der Waals surface area contributed by atoms with Crippen LogP contribution in [0, 0.1) is 12.7 Å². The number of likely N-dealkylation sites (tertiary alicyclic amines) is 1. The average molecular weight is 381 g/mol. The van der Waals surface area contributed by atoms with Crippen molar-refractivity contribution < 1.29 is 18.4 Å². The molecule has 144 valence electrons. The van der Waals surface area contributed by atoms with Crippen LogP contribution in [0.4, 0.5) is 4.39 Å². The molecular weight excluding hydrogens is 361 g/mol. The summed E-state index contributed by atoms with van der Waals surface area (Å²) in [4.78, 5) is 31.2. The largest absolute Gasteiger partial charge is 0.472 e. The molecule has 1 saturated heterocycles. The summed E-state index contributed by atoms with van der Waals surface area (Å²) in [5, 5.41) is 3.76. The van der Waals surface area contributed by atoms with Gasteiger partial charge in [0.2, 0.25) is 0 Å². The molecule has 2 amide bonds. The average Bonchev–Trinajstić information content (AvgIpc) is 3.22. The van der Waals surface area contributed by atoms with Crippen molar-refractivity contribution in [2.45, 2.75) is 25.8 Å². The standard InChI is InChI=1S/C21H20FN3O3/c1-13-18(10-14-2-3-16(22)11-19(14)23-13)20(26)24-17-4-7-25(8-5-17)21(27)15-6-9-28-12-15/h2-3,6,9-12,17H,4-5,7-8H2,1H3,(H,24,26). The molecule has 0 unspecified atom stereocenters. The minimum Gasteiger partial charge on any atom is -0.472 e. The number of piperidine rings is 1. The number of pyridine rings is 1. The fourth-order valence-corrected chi connectivity index (χ4v) is 3.53. The summed E-state index contributed by atoms with van der Waals surface area (Å²) in [7, 11) is 0. The molecule has 0 radical (unpaired) electrons. The van der Waals surface area contributed by atoms with Crippen LogP contribution < -0.4 is 5.32 Å². The fraction of sp³-hybridized carbons (Fsp3) is 0.286. The summed E-state index contributed by atoms with van der Waals surface area (Å²) in [5.74, 6) is -0.607. The predicted molar refractivity (Wildman–Crippen MR) is 102 cm³/mol. The first-order valence-corrected chi connectivity index (χ1v) is 9.20. The highest BCUT2D eigenvalue weighted by molar-refractivity contribution is 5.99. The van der Waals surface area contributed by atoms with Gasteiger partial charge in [-0.2, -0.15) is 0 Å². The third kappa shape index (κ3) is 3.60. The van der Waals surface area contributed by atoms with Crippen molar-refractivity contribution in [3.63, 3.8) is 0 Å². The molecule has 1 aromatic carbocycles. The van der Waals surface area contributed by atoms with E-state index in [1.165, 1.54) is 24.7 Å². The number of benzene rings is 1. The highest BCUT2D eigenvalue weighted by Crippen LogP contribution is 2.19. The number of amides is 2. The van der Waals surface area contributed by atoms with Gasteiger partial charge in [0.05, 0.1) is 28.6 Å². The third-order valence-electron chi connectivity index (χ3n) is 5.10. The number of halogens is 1. The highest BCUT2D eigenvalue weighted by Gasteiger charge is 2.25. The van der Waals surface area contributed by atoms with Crippen LogP contribution >= 0.6 is 0 Å². The Balaban J connectivity index is 1.41. The van der Waals surface area contributed by atoms with E-state index in [-0.39, 0.29) is 23.7 Å². The quantitative estimate of drug-likeness (QED) is 0.755. The second-order valence-corrected chi connectivity index (χ2v) is 7.01. The maximum atomic E-state index is 13.4. The predicted octanol–water partition coefficient (Wildman–Crippen LogP) is 3.31. The minimum atomic E-state index is -0.353. The zero-order valence-corrected chi connectivity index (χ0v) is 15.4. The van der Waals surface area contributed by atoms with E-state index in [9.17, 15) is 14.0 Å². The number of fused-ring (bicyclic) bond motifs is 1. The van der Waals surface area contributed by atoms with Gasteiger partial charge in [0, 0.05) is 30.6 Å². The lowest BCUT2D eigenvalue weighted by molar-refractivity contribution is 0.0697. The summed E-state index contributed by atoms with van der Waals surface area (Å²) in [6.07, 6.45) is 4.29. The third-order valence-corrected chi connectivity index (χ3v) is 5.10. The number of aryl methyl sites for hydroxylation is 1. The van der Waals surface area contributed by atoms with Crippen LogP contribution in [0.2, 0.25) is 0 Å². The van der Waals surface area contributed by atoms with Gasteiger partial charge in [-0.25, -0.2) is 4.39 Å². The van der Waals surface area contributed by atoms with Gasteiger partial charge in [0.25, 0.3) is 11.8 Å². The van der Waals surface area contributed by atoms with Gasteiger partial charge < -0.3 is 14.6 Å². The van der Waals surface area contributed by atoms with Crippen LogP contribution in [0.5, 0.6) is 0 Å². The Hall–Kier alpha value is -3.22. The molecule has 28 heavy (non-hydrogen) atoms. The maximum absolute atomic E-state index is 13.4. The molecule has 6 nitrogen and oxygen atoms in total. The summed E-state index contributed by atoms with van der Waals surface area (Å²) < 4.78 is 18.3. The van der Waals surface area contributed by atoms with Gasteiger partial charge in [-0.05, 0) is 44.0 Å². The number of nitrogens with one attached hydrogen (secondary N) is 1. The van der Waals surface area contributed by atoms with Crippen LogP contribution in [-0.2, 0) is 0 Å². The number of hydrogen-bond donors (Lipinski definition) is 1. The smallest absolute Gasteiger partial charge is 0.257 e. The molecule has 1 N–H and O–H groups in total. The number of hydrogen-bond acceptors (Lipinski definition) is 4. The Morgan fingerprint density at radius 3 is 2.71 bits per heavy atom. The first-order valence-electron chi connectivity index (χ1n) is 9.20. The van der Waals surface area contributed by atoms with E-state index in [2.05, 4.69) is 10.3 Å². The molecule has 7 heteroatoms. The molecule has 0 aliphatic carbocycles. The van der Waals surface area contributed by atoms with E-state index >= 15 is 0 Å². The Morgan fingerprint density at radius 1 is 1.21 bits per heavy atom. The topological polar surface area (TPSA) is 75.4 Å². The van der Waals surface area contributed by atoms with E-state index in [0.29, 0.717) is 48.3 Å². The molecule has 3 heterocycles. The van der Waals surface area contributed by atoms with Crippen molar-refractivity contribution in [3.8, 4) is 0 Å². The van der Waals surface area contributed by atoms with Gasteiger partial charge in [-0.3, -0.25) is 14.6 Å². The number of furan rings is 1. The van der Waals surface area contributed by atoms with Crippen molar-refractivity contribution in [2.75, 3.05) is 13.1 Å². The van der Waals surface area contributed by atoms with Gasteiger partial charge in [0.1, 0.15) is 12.1 Å². The minimum absolute atomic E-state index is 0.00999. The fourth-order valence-electron chi connectivity index (χ4n) is 3.53. The number of nitrogens with zero attached hydrogens (tertiary/aromatic N) is 2. The lowest BCUT2D eigenvalue weighted by Crippen LogP contribution is -2.46. The number of rotatable bonds is 3. The van der Waals surface area contributed by atoms with Crippen LogP contribution in [0.25, 0.3) is 10.9 Å². The number of aromatic nitrogens is 1. The van der Waals surface area contributed by atoms with Crippen molar-refractivity contribution >= 4 is 22.7 Å². The van der Waals surface area contributed by atoms with Crippen LogP contribution in [0.3, 0.4) is 0 Å². The maximum Gasteiger partial charge on any atom is 0.257 e. The van der Waals surface area contributed by atoms with Crippen LogP contribution in [0.15, 0.2) is 47.3 Å². The molecule has 1 fully saturated rings. The molecule has 0 saturated carbocycles. The Labute approximate surface area is 161 Å². The zero-order valence-electron chi connectivity index (χ0n) is 15.4. The van der Waals surface area contributed by atoms with E-state index < -0.39 is 0 Å². The number of carbonyl (C=O) groups excluding carboxylic acids is 2. The first-order chi connectivity index (χ1) is 13.5. The SMILES string of the molecule is Cc1nc2cc(F)ccc2cc1C(=O)NC1CCN(C(=O)c2ccoc2)CC1. The summed E-state index contributed by atoms with van der Waals surface area (Å²) in [5.41, 5.74) is 2.11. The molecular formula is C21H20FN3O3. The Bertz CT molecular complexity index is 1020. The molecule has 1 aliphatic heterocycles. The molecule has 4 rings (SSSR count). The van der Waals surface area contributed by atoms with E-state index in [1.807, 2.05) is 0 Å². The molecule has 2 aromatic heterocycles. The zero-order chi connectivity index (χ0) is 19.7. The van der Waals surface area contributed by atoms with E-state index in [0.717, 1.165) is 5.39 Å². The normalized spacial score (nSPS) is 15.0. The number of carbonyl (C=O) groups is 2. The highest BCUT2D eigenvalue weighted by atomic mass is 19.1. The Kier molecular flexibility index (Phi) is 4.81. The van der Waals surface area contributed by atoms with Gasteiger partial charge >= 0.3 is 0 Å². The molecule has 0 spiro atoms. The Morgan fingerprint density at radius 2 is 2.00 bits per heavy atom. The lowest BCUT2D eigenvalue weighted by atomic mass is 10.0. The van der Waals surface area contributed by atoms with Gasteiger partial charge in [0.15, 0.2) is 0 Å². The van der Waals surface area contributed by atoms with E-state index in [1.54, 1.807) is 30.0 Å². The second-order valence-electron chi connectivity index (χ2n) is 7.01. The first kappa shape index (κ1) is 18.2. The van der Waals surface area contributed by atoms with Gasteiger partial charge in [-0.15, -0.1) is 0 Å². The van der Waals surface area contributed by atoms with Crippen molar-refractivity contribution in [1.29, 1.82) is 0 Å². The van der Waals surface area contributed by atoms with Crippen molar-refractivity contribution in [3.05, 3.63) is 65.5 Å². The molecule has 1 aliphatic rings. The summed E-state index contributed by atoms with van der Waals surface area (Å²) in [6.45, 7) is 2.89. The lowest BCUT2D eigenvalue weighted by Gasteiger charge is -2.32. The molecule has 0 bridgehead atoms. The van der Waals surface area contributed by atoms with Crippen molar-refractivity contribution in [1.82, 2.24) is 15.2 Å². The van der Waals surface area contributed by atoms with E-state index in [4.69, 9.17) is 4.42 Å². The summed E-state index contributed by atoms with van der Waals surface area (Å²) in [6, 6.07) is 7.71. The van der Waals surface area contributed by atoms with Crippen molar-refractivity contribution in [2.24, 2.45) is 0 Å². The molecule has 0 atom stereocenters. The van der Waals surface area contributed by atoms with Gasteiger partial charge in [-0.1, -0.05) is 0 Å². The van der Waals surface area contributed by atoms with Crippen LogP contribution in [-0.4, -0.2) is 40.8 Å². The monoisotopic (exact) mass is 381 g/mol. The molecule has 3 aromatic rings. The summed E-state index contributed by atoms with van der Waals surface area (Å²) >= 11 is 0. The van der Waals surface area contributed by atoms with Crippen LogP contribution in [0.1, 0.15) is 39.3 Å². The second kappa shape index (κ2) is 7.42.